The summed E-state index contributed by atoms with van der Waals surface area (Å²) in [5.74, 6) is 0.804. The van der Waals surface area contributed by atoms with Crippen LogP contribution in [0.3, 0.4) is 0 Å². The van der Waals surface area contributed by atoms with Gasteiger partial charge >= 0.3 is 0 Å². The van der Waals surface area contributed by atoms with Crippen LogP contribution in [-0.2, 0) is 22.6 Å². The Bertz CT molecular complexity index is 1380. The van der Waals surface area contributed by atoms with Crippen LogP contribution in [-0.4, -0.2) is 60.5 Å². The molecule has 0 bridgehead atoms. The monoisotopic (exact) mass is 556 g/mol. The molecule has 9 heteroatoms. The van der Waals surface area contributed by atoms with E-state index in [-0.39, 0.29) is 24.3 Å². The molecular formula is C32H36N4O5. The summed E-state index contributed by atoms with van der Waals surface area (Å²) in [6.45, 7) is 1.90. The highest BCUT2D eigenvalue weighted by molar-refractivity contribution is 6.00. The summed E-state index contributed by atoms with van der Waals surface area (Å²) in [6, 6.07) is 17.9. The van der Waals surface area contributed by atoms with E-state index in [0.29, 0.717) is 61.7 Å². The Hall–Kier alpha value is -4.40. The summed E-state index contributed by atoms with van der Waals surface area (Å²) in [5.41, 5.74) is 2.91. The standard InChI is InChI=1S/C32H36N4O5/c1-40-29-20-23(13-14-28(29)41-19-15-25-9-2-4-16-33-25)22-36(27-11-3-5-17-34-31(27)38)32(39)24-8-6-10-26(21-24)35-18-7-12-30(35)37/h2,4,6,8-10,13-14,16,20-21,27H,3,5,7,11-12,15,17-19,22H2,1H3,(H,34,38)/t27-/m0/s1. The van der Waals surface area contributed by atoms with Crippen molar-refractivity contribution >= 4 is 23.4 Å². The van der Waals surface area contributed by atoms with Crippen molar-refractivity contribution in [3.8, 4) is 11.5 Å². The van der Waals surface area contributed by atoms with Gasteiger partial charge in [0.25, 0.3) is 5.91 Å². The van der Waals surface area contributed by atoms with Gasteiger partial charge in [-0.05, 0) is 73.7 Å². The minimum Gasteiger partial charge on any atom is -0.493 e. The summed E-state index contributed by atoms with van der Waals surface area (Å²) >= 11 is 0. The van der Waals surface area contributed by atoms with Crippen LogP contribution in [0.4, 0.5) is 5.69 Å². The molecule has 2 fully saturated rings. The smallest absolute Gasteiger partial charge is 0.254 e. The van der Waals surface area contributed by atoms with Crippen molar-refractivity contribution in [1.82, 2.24) is 15.2 Å². The molecule has 0 radical (unpaired) electrons. The number of carbonyl (C=O) groups excluding carboxylic acids is 3. The molecule has 0 spiro atoms. The summed E-state index contributed by atoms with van der Waals surface area (Å²) in [6.07, 6.45) is 6.01. The summed E-state index contributed by atoms with van der Waals surface area (Å²) in [5, 5.41) is 2.96. The quantitative estimate of drug-likeness (QED) is 0.403. The average Bonchev–Trinajstić information content (AvgIpc) is 3.32. The Morgan fingerprint density at radius 1 is 1.05 bits per heavy atom. The molecule has 1 atom stereocenters. The molecule has 3 aromatic rings. The number of carbonyl (C=O) groups is 3. The molecule has 214 valence electrons. The lowest BCUT2D eigenvalue weighted by atomic mass is 10.0. The van der Waals surface area contributed by atoms with E-state index in [2.05, 4.69) is 10.3 Å². The van der Waals surface area contributed by atoms with E-state index in [9.17, 15) is 14.4 Å². The van der Waals surface area contributed by atoms with Gasteiger partial charge in [-0.15, -0.1) is 0 Å². The molecule has 1 aromatic heterocycles. The molecule has 3 heterocycles. The average molecular weight is 557 g/mol. The van der Waals surface area contributed by atoms with E-state index in [0.717, 1.165) is 30.5 Å². The number of nitrogens with one attached hydrogen (secondary N) is 1. The first-order chi connectivity index (χ1) is 20.0. The molecule has 5 rings (SSSR count). The van der Waals surface area contributed by atoms with Crippen molar-refractivity contribution in [1.29, 1.82) is 0 Å². The Morgan fingerprint density at radius 2 is 1.95 bits per heavy atom. The molecule has 0 saturated carbocycles. The minimum atomic E-state index is -0.609. The highest BCUT2D eigenvalue weighted by Gasteiger charge is 2.32. The number of amides is 3. The van der Waals surface area contributed by atoms with Crippen molar-refractivity contribution in [2.75, 3.05) is 31.7 Å². The number of pyridine rings is 1. The van der Waals surface area contributed by atoms with Gasteiger partial charge in [0.1, 0.15) is 6.04 Å². The number of benzene rings is 2. The third-order valence-electron chi connectivity index (χ3n) is 7.54. The number of aromatic nitrogens is 1. The van der Waals surface area contributed by atoms with Crippen LogP contribution in [0.1, 0.15) is 53.7 Å². The third kappa shape index (κ3) is 6.85. The maximum atomic E-state index is 14.0. The maximum absolute atomic E-state index is 14.0. The van der Waals surface area contributed by atoms with Crippen LogP contribution in [0.5, 0.6) is 11.5 Å². The van der Waals surface area contributed by atoms with Crippen LogP contribution in [0.15, 0.2) is 66.9 Å². The van der Waals surface area contributed by atoms with Gasteiger partial charge in [0, 0.05) is 55.6 Å². The summed E-state index contributed by atoms with van der Waals surface area (Å²) in [4.78, 5) is 47.2. The Morgan fingerprint density at radius 3 is 2.73 bits per heavy atom. The van der Waals surface area contributed by atoms with E-state index in [1.807, 2.05) is 42.5 Å². The van der Waals surface area contributed by atoms with E-state index >= 15 is 0 Å². The van der Waals surface area contributed by atoms with Gasteiger partial charge in [0.2, 0.25) is 11.8 Å². The van der Waals surface area contributed by atoms with Crippen molar-refractivity contribution < 1.29 is 23.9 Å². The van der Waals surface area contributed by atoms with Crippen LogP contribution in [0.2, 0.25) is 0 Å². The fraction of sp³-hybridized carbons (Fsp3) is 0.375. The molecule has 9 nitrogen and oxygen atoms in total. The molecular weight excluding hydrogens is 520 g/mol. The van der Waals surface area contributed by atoms with Gasteiger partial charge < -0.3 is 24.6 Å². The number of nitrogens with zero attached hydrogens (tertiary/aromatic N) is 3. The second kappa shape index (κ2) is 13.3. The number of ether oxygens (including phenoxy) is 2. The Kier molecular flexibility index (Phi) is 9.13. The summed E-state index contributed by atoms with van der Waals surface area (Å²) in [7, 11) is 1.58. The van der Waals surface area contributed by atoms with Gasteiger partial charge in [-0.2, -0.15) is 0 Å². The van der Waals surface area contributed by atoms with Gasteiger partial charge in [-0.1, -0.05) is 18.2 Å². The highest BCUT2D eigenvalue weighted by atomic mass is 16.5. The first-order valence-corrected chi connectivity index (χ1v) is 14.2. The minimum absolute atomic E-state index is 0.0593. The molecule has 2 aromatic carbocycles. The second-order valence-corrected chi connectivity index (χ2v) is 10.3. The van der Waals surface area contributed by atoms with Crippen molar-refractivity contribution in [3.63, 3.8) is 0 Å². The predicted molar refractivity (Wildman–Crippen MR) is 155 cm³/mol. The van der Waals surface area contributed by atoms with Gasteiger partial charge in [-0.25, -0.2) is 0 Å². The zero-order chi connectivity index (χ0) is 28.6. The maximum Gasteiger partial charge on any atom is 0.254 e. The molecule has 41 heavy (non-hydrogen) atoms. The zero-order valence-corrected chi connectivity index (χ0v) is 23.4. The predicted octanol–water partition coefficient (Wildman–Crippen LogP) is 4.15. The Balaban J connectivity index is 1.37. The first kappa shape index (κ1) is 28.1. The van der Waals surface area contributed by atoms with Crippen molar-refractivity contribution in [2.45, 2.75) is 51.1 Å². The van der Waals surface area contributed by atoms with E-state index in [1.54, 1.807) is 41.3 Å². The van der Waals surface area contributed by atoms with E-state index in [1.165, 1.54) is 0 Å². The van der Waals surface area contributed by atoms with Crippen molar-refractivity contribution in [3.05, 3.63) is 83.7 Å². The van der Waals surface area contributed by atoms with Crippen LogP contribution in [0, 0.1) is 0 Å². The lowest BCUT2D eigenvalue weighted by molar-refractivity contribution is -0.125. The fourth-order valence-electron chi connectivity index (χ4n) is 5.38. The largest absolute Gasteiger partial charge is 0.493 e. The number of anilines is 1. The number of hydrogen-bond acceptors (Lipinski definition) is 6. The molecule has 2 aliphatic heterocycles. The normalized spacial score (nSPS) is 17.1. The Labute approximate surface area is 240 Å². The zero-order valence-electron chi connectivity index (χ0n) is 23.4. The van der Waals surface area contributed by atoms with Gasteiger partial charge in [-0.3, -0.25) is 19.4 Å². The molecule has 1 N–H and O–H groups in total. The van der Waals surface area contributed by atoms with Gasteiger partial charge in [0.15, 0.2) is 11.5 Å². The topological polar surface area (TPSA) is 101 Å². The van der Waals surface area contributed by atoms with Gasteiger partial charge in [0.05, 0.1) is 13.7 Å². The van der Waals surface area contributed by atoms with Crippen LogP contribution in [0.25, 0.3) is 0 Å². The van der Waals surface area contributed by atoms with Crippen LogP contribution < -0.4 is 19.7 Å². The van der Waals surface area contributed by atoms with Crippen molar-refractivity contribution in [2.24, 2.45) is 0 Å². The number of rotatable bonds is 10. The second-order valence-electron chi connectivity index (χ2n) is 10.3. The molecule has 0 aliphatic carbocycles. The summed E-state index contributed by atoms with van der Waals surface area (Å²) < 4.78 is 11.6. The highest BCUT2D eigenvalue weighted by Crippen LogP contribution is 2.30. The lowest BCUT2D eigenvalue weighted by Crippen LogP contribution is -2.48. The van der Waals surface area contributed by atoms with E-state index < -0.39 is 6.04 Å². The van der Waals surface area contributed by atoms with E-state index in [4.69, 9.17) is 9.47 Å². The molecule has 2 saturated heterocycles. The molecule has 0 unspecified atom stereocenters. The third-order valence-corrected chi connectivity index (χ3v) is 7.54. The lowest BCUT2D eigenvalue weighted by Gasteiger charge is -2.31. The number of hydrogen-bond donors (Lipinski definition) is 1. The first-order valence-electron chi connectivity index (χ1n) is 14.2. The number of methoxy groups -OCH3 is 1. The SMILES string of the molecule is COc1cc(CN(C(=O)c2cccc(N3CCCC3=O)c2)[C@H]2CCCCNC2=O)ccc1OCCc1ccccn1. The molecule has 3 amide bonds. The molecule has 2 aliphatic rings. The fourth-order valence-corrected chi connectivity index (χ4v) is 5.38. The van der Waals surface area contributed by atoms with Crippen LogP contribution >= 0.6 is 0 Å².